The highest BCUT2D eigenvalue weighted by atomic mass is 19.1. The normalized spacial score (nSPS) is 15.3. The van der Waals surface area contributed by atoms with Gasteiger partial charge in [-0.25, -0.2) is 4.39 Å². The molecule has 0 aliphatic carbocycles. The molecule has 1 heterocycles. The zero-order valence-electron chi connectivity index (χ0n) is 23.5. The van der Waals surface area contributed by atoms with E-state index in [1.54, 1.807) is 18.2 Å². The van der Waals surface area contributed by atoms with Crippen LogP contribution in [0.1, 0.15) is 58.9 Å². The van der Waals surface area contributed by atoms with Crippen molar-refractivity contribution in [1.82, 2.24) is 9.80 Å². The van der Waals surface area contributed by atoms with Crippen molar-refractivity contribution in [3.8, 4) is 5.75 Å². The second-order valence-electron chi connectivity index (χ2n) is 11.0. The molecule has 2 aromatic carbocycles. The van der Waals surface area contributed by atoms with Crippen LogP contribution in [0.5, 0.6) is 5.75 Å². The summed E-state index contributed by atoms with van der Waals surface area (Å²) >= 11 is 0. The molecule has 0 N–H and O–H groups in total. The van der Waals surface area contributed by atoms with E-state index in [4.69, 9.17) is 4.74 Å². The number of benzene rings is 2. The molecule has 6 nitrogen and oxygen atoms in total. The van der Waals surface area contributed by atoms with Crippen molar-refractivity contribution in [3.05, 3.63) is 59.9 Å². The zero-order valence-corrected chi connectivity index (χ0v) is 23.5. The van der Waals surface area contributed by atoms with Gasteiger partial charge >= 0.3 is 0 Å². The van der Waals surface area contributed by atoms with Crippen molar-refractivity contribution >= 4 is 17.5 Å². The van der Waals surface area contributed by atoms with Crippen LogP contribution < -0.4 is 9.64 Å². The van der Waals surface area contributed by atoms with Gasteiger partial charge in [0.2, 0.25) is 11.8 Å². The van der Waals surface area contributed by atoms with Gasteiger partial charge in [-0.2, -0.15) is 0 Å². The predicted molar refractivity (Wildman–Crippen MR) is 151 cm³/mol. The van der Waals surface area contributed by atoms with E-state index in [2.05, 4.69) is 32.6 Å². The van der Waals surface area contributed by atoms with Crippen molar-refractivity contribution in [2.45, 2.75) is 59.9 Å². The van der Waals surface area contributed by atoms with Crippen molar-refractivity contribution in [1.29, 1.82) is 0 Å². The summed E-state index contributed by atoms with van der Waals surface area (Å²) in [6.45, 7) is 13.2. The molecule has 2 amide bonds. The Morgan fingerprint density at radius 1 is 0.895 bits per heavy atom. The first-order valence-corrected chi connectivity index (χ1v) is 14.0. The summed E-state index contributed by atoms with van der Waals surface area (Å²) in [4.78, 5) is 33.0. The van der Waals surface area contributed by atoms with E-state index in [-0.39, 0.29) is 30.1 Å². The Morgan fingerprint density at radius 3 is 2.37 bits per heavy atom. The number of carbonyl (C=O) groups excluding carboxylic acids is 2. The van der Waals surface area contributed by atoms with E-state index >= 15 is 0 Å². The van der Waals surface area contributed by atoms with E-state index in [0.29, 0.717) is 44.8 Å². The second kappa shape index (κ2) is 14.9. The molecule has 0 spiro atoms. The Bertz CT molecular complexity index is 1040. The van der Waals surface area contributed by atoms with Gasteiger partial charge in [0.15, 0.2) is 11.6 Å². The Hall–Kier alpha value is -2.93. The molecule has 2 aromatic rings. The average molecular weight is 526 g/mol. The first-order valence-electron chi connectivity index (χ1n) is 14.0. The summed E-state index contributed by atoms with van der Waals surface area (Å²) in [5.74, 6) is 0.764. The van der Waals surface area contributed by atoms with Gasteiger partial charge in [-0.1, -0.05) is 58.0 Å². The largest absolute Gasteiger partial charge is 0.491 e. The van der Waals surface area contributed by atoms with Crippen LogP contribution in [0.15, 0.2) is 48.5 Å². The summed E-state index contributed by atoms with van der Waals surface area (Å²) in [6.07, 6.45) is 2.19. The van der Waals surface area contributed by atoms with Gasteiger partial charge in [-0.15, -0.1) is 0 Å². The summed E-state index contributed by atoms with van der Waals surface area (Å²) in [5, 5.41) is 0. The number of nitrogens with zero attached hydrogens (tertiary/aromatic N) is 3. The van der Waals surface area contributed by atoms with Crippen LogP contribution in [0.25, 0.3) is 0 Å². The lowest BCUT2D eigenvalue weighted by Crippen LogP contribution is -2.40. The van der Waals surface area contributed by atoms with E-state index in [1.807, 2.05) is 34.1 Å². The summed E-state index contributed by atoms with van der Waals surface area (Å²) < 4.78 is 19.4. The monoisotopic (exact) mass is 525 g/mol. The number of hydrogen-bond donors (Lipinski definition) is 0. The van der Waals surface area contributed by atoms with Crippen LogP contribution in [0.2, 0.25) is 0 Å². The number of anilines is 1. The molecule has 38 heavy (non-hydrogen) atoms. The minimum atomic E-state index is -0.399. The van der Waals surface area contributed by atoms with E-state index in [1.165, 1.54) is 6.07 Å². The molecule has 208 valence electrons. The number of carbonyl (C=O) groups is 2. The summed E-state index contributed by atoms with van der Waals surface area (Å²) in [6, 6.07) is 14.3. The van der Waals surface area contributed by atoms with Gasteiger partial charge in [0, 0.05) is 51.3 Å². The molecule has 1 aliphatic rings. The van der Waals surface area contributed by atoms with E-state index in [9.17, 15) is 14.0 Å². The lowest BCUT2D eigenvalue weighted by atomic mass is 10.1. The first-order chi connectivity index (χ1) is 18.2. The molecule has 0 bridgehead atoms. The Labute approximate surface area is 227 Å². The molecule has 0 aromatic heterocycles. The third-order valence-corrected chi connectivity index (χ3v) is 6.67. The van der Waals surface area contributed by atoms with Gasteiger partial charge < -0.3 is 19.4 Å². The summed E-state index contributed by atoms with van der Waals surface area (Å²) in [5.41, 5.74) is 1.88. The Balaban J connectivity index is 1.77. The molecule has 0 atom stereocenters. The third kappa shape index (κ3) is 9.12. The van der Waals surface area contributed by atoms with Crippen molar-refractivity contribution < 1.29 is 18.7 Å². The van der Waals surface area contributed by atoms with E-state index in [0.717, 1.165) is 37.3 Å². The highest BCUT2D eigenvalue weighted by molar-refractivity contribution is 5.94. The minimum Gasteiger partial charge on any atom is -0.491 e. The fourth-order valence-electron chi connectivity index (χ4n) is 4.90. The average Bonchev–Trinajstić information content (AvgIpc) is 2.90. The van der Waals surface area contributed by atoms with Crippen LogP contribution in [0.3, 0.4) is 0 Å². The first kappa shape index (κ1) is 29.6. The fraction of sp³-hybridized carbons (Fsp3) is 0.548. The number of amides is 2. The van der Waals surface area contributed by atoms with Crippen LogP contribution in [0.4, 0.5) is 10.1 Å². The SMILES string of the molecule is CC(C)CC(=O)N1CCCN(CC(C)C)CCN(C(=O)CCCOc2ccccc2F)Cc2ccccc21. The molecule has 0 saturated heterocycles. The molecule has 0 saturated carbocycles. The number of ether oxygens (including phenoxy) is 1. The Kier molecular flexibility index (Phi) is 11.6. The molecule has 3 rings (SSSR count). The molecule has 0 fully saturated rings. The maximum atomic E-state index is 13.8. The lowest BCUT2D eigenvalue weighted by Gasteiger charge is -2.29. The quantitative estimate of drug-likeness (QED) is 0.391. The molecule has 1 aliphatic heterocycles. The number of halogens is 1. The lowest BCUT2D eigenvalue weighted by molar-refractivity contribution is -0.132. The minimum absolute atomic E-state index is 0.0423. The summed E-state index contributed by atoms with van der Waals surface area (Å²) in [7, 11) is 0. The highest BCUT2D eigenvalue weighted by Gasteiger charge is 2.24. The predicted octanol–water partition coefficient (Wildman–Crippen LogP) is 5.75. The third-order valence-electron chi connectivity index (χ3n) is 6.67. The van der Waals surface area contributed by atoms with Crippen LogP contribution in [-0.4, -0.2) is 60.9 Å². The van der Waals surface area contributed by atoms with Crippen molar-refractivity contribution in [3.63, 3.8) is 0 Å². The molecular weight excluding hydrogens is 481 g/mol. The van der Waals surface area contributed by atoms with Crippen LogP contribution >= 0.6 is 0 Å². The topological polar surface area (TPSA) is 53.1 Å². The van der Waals surface area contributed by atoms with Gasteiger partial charge in [0.25, 0.3) is 0 Å². The van der Waals surface area contributed by atoms with Gasteiger partial charge in [-0.05, 0) is 55.0 Å². The highest BCUT2D eigenvalue weighted by Crippen LogP contribution is 2.25. The molecule has 0 radical (unpaired) electrons. The molecule has 0 unspecified atom stereocenters. The number of hydrogen-bond acceptors (Lipinski definition) is 4. The maximum Gasteiger partial charge on any atom is 0.227 e. The Morgan fingerprint density at radius 2 is 1.63 bits per heavy atom. The fourth-order valence-corrected chi connectivity index (χ4v) is 4.90. The molecule has 7 heteroatoms. The van der Waals surface area contributed by atoms with Crippen LogP contribution in [0, 0.1) is 17.7 Å². The van der Waals surface area contributed by atoms with E-state index < -0.39 is 5.82 Å². The molecular formula is C31H44FN3O3. The number of fused-ring (bicyclic) bond motifs is 1. The standard InChI is InChI=1S/C31H44FN3O3/c1-24(2)21-31(37)35-17-10-16-33(22-25(3)4)18-19-34(23-26-11-5-7-13-28(26)35)30(36)15-9-20-38-29-14-8-6-12-27(29)32/h5-8,11-14,24-25H,9-10,15-23H2,1-4H3. The smallest absolute Gasteiger partial charge is 0.227 e. The van der Waals surface area contributed by atoms with Crippen LogP contribution in [-0.2, 0) is 16.1 Å². The zero-order chi connectivity index (χ0) is 27.5. The van der Waals surface area contributed by atoms with Crippen molar-refractivity contribution in [2.75, 3.05) is 44.2 Å². The number of rotatable bonds is 9. The van der Waals surface area contributed by atoms with Gasteiger partial charge in [0.1, 0.15) is 0 Å². The van der Waals surface area contributed by atoms with Gasteiger partial charge in [-0.3, -0.25) is 9.59 Å². The maximum absolute atomic E-state index is 13.8. The number of para-hydroxylation sites is 2. The van der Waals surface area contributed by atoms with Crippen molar-refractivity contribution in [2.24, 2.45) is 11.8 Å². The second-order valence-corrected chi connectivity index (χ2v) is 11.0. The van der Waals surface area contributed by atoms with Gasteiger partial charge in [0.05, 0.1) is 6.61 Å².